The lowest BCUT2D eigenvalue weighted by Crippen LogP contribution is -2.21. The van der Waals surface area contributed by atoms with Crippen molar-refractivity contribution in [2.24, 2.45) is 0 Å². The fourth-order valence-corrected chi connectivity index (χ4v) is 2.33. The quantitative estimate of drug-likeness (QED) is 0.812. The van der Waals surface area contributed by atoms with Crippen molar-refractivity contribution in [2.75, 3.05) is 4.90 Å². The summed E-state index contributed by atoms with van der Waals surface area (Å²) in [5.74, 6) is 0.537. The maximum atomic E-state index is 12.2. The van der Waals surface area contributed by atoms with Gasteiger partial charge in [-0.1, -0.05) is 30.3 Å². The summed E-state index contributed by atoms with van der Waals surface area (Å²) < 4.78 is 5.52. The number of fused-ring (bicyclic) bond motifs is 1. The Hall–Kier alpha value is -3.14. The summed E-state index contributed by atoms with van der Waals surface area (Å²) in [6.45, 7) is 1.48. The highest BCUT2D eigenvalue weighted by atomic mass is 16.5. The van der Waals surface area contributed by atoms with E-state index in [1.807, 2.05) is 36.4 Å². The van der Waals surface area contributed by atoms with Crippen molar-refractivity contribution in [1.82, 2.24) is 0 Å². The van der Waals surface area contributed by atoms with E-state index < -0.39 is 0 Å². The molecule has 1 aliphatic heterocycles. The first kappa shape index (κ1) is 14.8. The molecule has 0 aliphatic carbocycles. The van der Waals surface area contributed by atoms with Gasteiger partial charge in [-0.15, -0.1) is 0 Å². The lowest BCUT2D eigenvalue weighted by Gasteiger charge is -2.15. The van der Waals surface area contributed by atoms with Crippen molar-refractivity contribution in [3.63, 3.8) is 0 Å². The first-order valence-electron chi connectivity index (χ1n) is 7.22. The molecule has 0 bridgehead atoms. The number of carbonyl (C=O) groups excluding carboxylic acids is 2. The summed E-state index contributed by atoms with van der Waals surface area (Å²) in [4.78, 5) is 25.4. The number of para-hydroxylation sites is 2. The van der Waals surface area contributed by atoms with Crippen molar-refractivity contribution in [2.45, 2.75) is 6.92 Å². The Kier molecular flexibility index (Phi) is 4.06. The number of allylic oxidation sites excluding steroid dienone is 3. The van der Waals surface area contributed by atoms with E-state index in [0.717, 1.165) is 5.69 Å². The first-order valence-corrected chi connectivity index (χ1v) is 7.22. The molecule has 23 heavy (non-hydrogen) atoms. The SMILES string of the molecule is CC(=O)N(/C=C/C=C1\Oc2ccccc2C1=O)c1ccccc1. The predicted octanol–water partition coefficient (Wildman–Crippen LogP) is 3.71. The van der Waals surface area contributed by atoms with E-state index in [-0.39, 0.29) is 17.4 Å². The third-order valence-corrected chi connectivity index (χ3v) is 3.43. The average molecular weight is 305 g/mol. The van der Waals surface area contributed by atoms with Crippen molar-refractivity contribution in [3.05, 3.63) is 84.3 Å². The molecule has 0 N–H and O–H groups in total. The monoisotopic (exact) mass is 305 g/mol. The van der Waals surface area contributed by atoms with Crippen LogP contribution in [0.25, 0.3) is 0 Å². The molecule has 0 saturated heterocycles. The normalized spacial score (nSPS) is 14.8. The average Bonchev–Trinajstić information content (AvgIpc) is 2.89. The van der Waals surface area contributed by atoms with Gasteiger partial charge in [0.25, 0.3) is 0 Å². The van der Waals surface area contributed by atoms with Gasteiger partial charge < -0.3 is 4.74 Å². The third-order valence-electron chi connectivity index (χ3n) is 3.43. The molecule has 0 saturated carbocycles. The molecule has 1 aliphatic rings. The maximum absolute atomic E-state index is 12.2. The number of hydrogen-bond donors (Lipinski definition) is 0. The molecule has 0 radical (unpaired) electrons. The molecular formula is C19H15NO3. The Bertz CT molecular complexity index is 806. The van der Waals surface area contributed by atoms with E-state index in [9.17, 15) is 9.59 Å². The van der Waals surface area contributed by atoms with Crippen LogP contribution in [0.1, 0.15) is 17.3 Å². The molecule has 4 heteroatoms. The second-order valence-corrected chi connectivity index (χ2v) is 5.02. The molecule has 0 spiro atoms. The summed E-state index contributed by atoms with van der Waals surface area (Å²) in [6.07, 6.45) is 4.82. The van der Waals surface area contributed by atoms with Crippen LogP contribution >= 0.6 is 0 Å². The topological polar surface area (TPSA) is 46.6 Å². The van der Waals surface area contributed by atoms with E-state index in [1.165, 1.54) is 11.8 Å². The van der Waals surface area contributed by atoms with Gasteiger partial charge >= 0.3 is 0 Å². The highest BCUT2D eigenvalue weighted by Crippen LogP contribution is 2.30. The number of nitrogens with zero attached hydrogens (tertiary/aromatic N) is 1. The van der Waals surface area contributed by atoms with E-state index in [4.69, 9.17) is 4.74 Å². The van der Waals surface area contributed by atoms with Crippen LogP contribution in [0.4, 0.5) is 5.69 Å². The molecule has 2 aromatic rings. The number of Topliss-reactive ketones (excluding diaryl/α,β-unsaturated/α-hetero) is 1. The number of benzene rings is 2. The number of ether oxygens (including phenoxy) is 1. The van der Waals surface area contributed by atoms with Crippen LogP contribution in [0.3, 0.4) is 0 Å². The summed E-state index contributed by atoms with van der Waals surface area (Å²) >= 11 is 0. The smallest absolute Gasteiger partial charge is 0.231 e. The fraction of sp³-hybridized carbons (Fsp3) is 0.0526. The Morgan fingerprint density at radius 3 is 2.43 bits per heavy atom. The van der Waals surface area contributed by atoms with Crippen molar-refractivity contribution in [1.29, 1.82) is 0 Å². The zero-order valence-electron chi connectivity index (χ0n) is 12.6. The summed E-state index contributed by atoms with van der Waals surface area (Å²) in [5.41, 5.74) is 1.32. The predicted molar refractivity (Wildman–Crippen MR) is 88.2 cm³/mol. The molecule has 0 atom stereocenters. The van der Waals surface area contributed by atoms with E-state index in [1.54, 1.807) is 36.6 Å². The first-order chi connectivity index (χ1) is 11.2. The summed E-state index contributed by atoms with van der Waals surface area (Å²) in [7, 11) is 0. The lowest BCUT2D eigenvalue weighted by atomic mass is 10.1. The second kappa shape index (κ2) is 6.32. The Morgan fingerprint density at radius 2 is 1.74 bits per heavy atom. The molecule has 3 rings (SSSR count). The van der Waals surface area contributed by atoms with Crippen LogP contribution in [0, 0.1) is 0 Å². The molecule has 4 nitrogen and oxygen atoms in total. The highest BCUT2D eigenvalue weighted by molar-refractivity contribution is 6.12. The molecule has 2 aromatic carbocycles. The van der Waals surface area contributed by atoms with Crippen LogP contribution in [0.15, 0.2) is 78.7 Å². The number of rotatable bonds is 3. The van der Waals surface area contributed by atoms with Gasteiger partial charge in [0.2, 0.25) is 11.7 Å². The summed E-state index contributed by atoms with van der Waals surface area (Å²) in [5, 5.41) is 0. The Labute approximate surface area is 134 Å². The molecule has 1 heterocycles. The molecule has 0 fully saturated rings. The Morgan fingerprint density at radius 1 is 1.04 bits per heavy atom. The van der Waals surface area contributed by atoms with Crippen LogP contribution in [0.2, 0.25) is 0 Å². The van der Waals surface area contributed by atoms with Crippen molar-refractivity contribution >= 4 is 17.4 Å². The van der Waals surface area contributed by atoms with Gasteiger partial charge in [0.1, 0.15) is 5.75 Å². The van der Waals surface area contributed by atoms with E-state index in [0.29, 0.717) is 11.3 Å². The fourth-order valence-electron chi connectivity index (χ4n) is 2.33. The van der Waals surface area contributed by atoms with Gasteiger partial charge in [0.15, 0.2) is 5.76 Å². The number of anilines is 1. The van der Waals surface area contributed by atoms with Crippen LogP contribution in [0.5, 0.6) is 5.75 Å². The minimum Gasteiger partial charge on any atom is -0.452 e. The second-order valence-electron chi connectivity index (χ2n) is 5.02. The minimum atomic E-state index is -0.153. The standard InChI is InChI=1S/C19H15NO3/c1-14(21)20(15-8-3-2-4-9-15)13-7-12-18-19(22)16-10-5-6-11-17(16)23-18/h2-13H,1H3/b13-7+,18-12-. The molecular weight excluding hydrogens is 290 g/mol. The van der Waals surface area contributed by atoms with Gasteiger partial charge in [-0.25, -0.2) is 0 Å². The largest absolute Gasteiger partial charge is 0.452 e. The highest BCUT2D eigenvalue weighted by Gasteiger charge is 2.25. The zero-order valence-corrected chi connectivity index (χ0v) is 12.6. The van der Waals surface area contributed by atoms with Gasteiger partial charge in [0.05, 0.1) is 5.56 Å². The van der Waals surface area contributed by atoms with Crippen LogP contribution < -0.4 is 9.64 Å². The van der Waals surface area contributed by atoms with Crippen LogP contribution in [-0.4, -0.2) is 11.7 Å². The minimum absolute atomic E-state index is 0.118. The van der Waals surface area contributed by atoms with E-state index >= 15 is 0 Å². The van der Waals surface area contributed by atoms with Crippen LogP contribution in [-0.2, 0) is 4.79 Å². The molecule has 1 amide bonds. The number of hydrogen-bond acceptors (Lipinski definition) is 3. The third kappa shape index (κ3) is 3.06. The van der Waals surface area contributed by atoms with Crippen molar-refractivity contribution in [3.8, 4) is 5.75 Å². The zero-order chi connectivity index (χ0) is 16.2. The van der Waals surface area contributed by atoms with Gasteiger partial charge in [0, 0.05) is 18.8 Å². The number of ketones is 1. The summed E-state index contributed by atoms with van der Waals surface area (Å²) in [6, 6.07) is 16.4. The van der Waals surface area contributed by atoms with Crippen molar-refractivity contribution < 1.29 is 14.3 Å². The molecule has 0 aromatic heterocycles. The lowest BCUT2D eigenvalue weighted by molar-refractivity contribution is -0.116. The van der Waals surface area contributed by atoms with Gasteiger partial charge in [-0.2, -0.15) is 0 Å². The molecule has 0 unspecified atom stereocenters. The number of carbonyl (C=O) groups is 2. The van der Waals surface area contributed by atoms with E-state index in [2.05, 4.69) is 0 Å². The van der Waals surface area contributed by atoms with Gasteiger partial charge in [-0.3, -0.25) is 14.5 Å². The van der Waals surface area contributed by atoms with Gasteiger partial charge in [-0.05, 0) is 36.4 Å². The Balaban J connectivity index is 1.81. The maximum Gasteiger partial charge on any atom is 0.231 e. The number of amides is 1. The molecule has 114 valence electrons.